The molecule has 0 aliphatic rings. The van der Waals surface area contributed by atoms with Gasteiger partial charge in [-0.3, -0.25) is 0 Å². The van der Waals surface area contributed by atoms with E-state index in [-0.39, 0.29) is 11.4 Å². The lowest BCUT2D eigenvalue weighted by atomic mass is 10.2. The third-order valence-electron chi connectivity index (χ3n) is 3.23. The van der Waals surface area contributed by atoms with Crippen LogP contribution < -0.4 is 0 Å². The molecule has 0 amide bonds. The summed E-state index contributed by atoms with van der Waals surface area (Å²) < 4.78 is 30.1. The van der Waals surface area contributed by atoms with Gasteiger partial charge in [0, 0.05) is 11.0 Å². The Balaban J connectivity index is 2.18. The molecule has 0 aliphatic heterocycles. The lowest BCUT2D eigenvalue weighted by Gasteiger charge is -2.09. The molecule has 0 bridgehead atoms. The third kappa shape index (κ3) is 2.68. The van der Waals surface area contributed by atoms with Gasteiger partial charge in [0.15, 0.2) is 11.6 Å². The molecule has 0 N–H and O–H groups in total. The van der Waals surface area contributed by atoms with Crippen molar-refractivity contribution < 1.29 is 8.78 Å². The second-order valence-electron chi connectivity index (χ2n) is 4.61. The molecule has 0 atom stereocenters. The van der Waals surface area contributed by atoms with Gasteiger partial charge in [-0.15, -0.1) is 11.6 Å². The van der Waals surface area contributed by atoms with Crippen molar-refractivity contribution in [2.24, 2.45) is 0 Å². The molecular formula is C15H10BrClF2N2. The van der Waals surface area contributed by atoms with Gasteiger partial charge in [-0.05, 0) is 29.8 Å². The van der Waals surface area contributed by atoms with Gasteiger partial charge in [-0.1, -0.05) is 28.1 Å². The standard InChI is InChI=1S/C15H10BrClF2N2/c16-10-3-1-2-9(6-10)8-21-13(7-17)20-12-5-4-11(18)14(19)15(12)21/h1-6H,7-8H2. The molecule has 1 heterocycles. The molecule has 2 nitrogen and oxygen atoms in total. The van der Waals surface area contributed by atoms with E-state index >= 15 is 0 Å². The number of imidazole rings is 1. The van der Waals surface area contributed by atoms with E-state index in [1.165, 1.54) is 6.07 Å². The second-order valence-corrected chi connectivity index (χ2v) is 5.79. The molecule has 0 saturated heterocycles. The number of hydrogen-bond donors (Lipinski definition) is 0. The first-order valence-electron chi connectivity index (χ1n) is 6.23. The Hall–Kier alpha value is -1.46. The molecule has 1 aromatic heterocycles. The van der Waals surface area contributed by atoms with E-state index in [0.717, 1.165) is 16.1 Å². The summed E-state index contributed by atoms with van der Waals surface area (Å²) in [6.45, 7) is 0.373. The van der Waals surface area contributed by atoms with Gasteiger partial charge in [0.1, 0.15) is 11.3 Å². The van der Waals surface area contributed by atoms with Crippen LogP contribution in [0.1, 0.15) is 11.4 Å². The summed E-state index contributed by atoms with van der Waals surface area (Å²) in [5.41, 5.74) is 1.49. The fraction of sp³-hybridized carbons (Fsp3) is 0.133. The minimum absolute atomic E-state index is 0.129. The lowest BCUT2D eigenvalue weighted by molar-refractivity contribution is 0.512. The van der Waals surface area contributed by atoms with E-state index in [1.54, 1.807) is 4.57 Å². The van der Waals surface area contributed by atoms with Crippen LogP contribution in [0.4, 0.5) is 8.78 Å². The summed E-state index contributed by atoms with van der Waals surface area (Å²) in [4.78, 5) is 4.26. The zero-order valence-electron chi connectivity index (χ0n) is 10.8. The molecule has 0 aliphatic carbocycles. The summed E-state index contributed by atoms with van der Waals surface area (Å²) >= 11 is 9.28. The van der Waals surface area contributed by atoms with E-state index < -0.39 is 11.6 Å². The molecule has 21 heavy (non-hydrogen) atoms. The Labute approximate surface area is 133 Å². The summed E-state index contributed by atoms with van der Waals surface area (Å²) in [7, 11) is 0. The van der Waals surface area contributed by atoms with Crippen molar-refractivity contribution in [2.45, 2.75) is 12.4 Å². The molecule has 108 valence electrons. The van der Waals surface area contributed by atoms with E-state index in [2.05, 4.69) is 20.9 Å². The normalized spacial score (nSPS) is 11.2. The van der Waals surface area contributed by atoms with Gasteiger partial charge in [-0.2, -0.15) is 0 Å². The minimum Gasteiger partial charge on any atom is -0.320 e. The lowest BCUT2D eigenvalue weighted by Crippen LogP contribution is -2.05. The Morgan fingerprint density at radius 2 is 2.00 bits per heavy atom. The first-order chi connectivity index (χ1) is 10.1. The van der Waals surface area contributed by atoms with Crippen LogP contribution in [0.5, 0.6) is 0 Å². The highest BCUT2D eigenvalue weighted by atomic mass is 79.9. The van der Waals surface area contributed by atoms with E-state index in [1.807, 2.05) is 24.3 Å². The smallest absolute Gasteiger partial charge is 0.184 e. The van der Waals surface area contributed by atoms with Crippen molar-refractivity contribution in [1.82, 2.24) is 9.55 Å². The zero-order valence-corrected chi connectivity index (χ0v) is 13.1. The van der Waals surface area contributed by atoms with Crippen LogP contribution in [0, 0.1) is 11.6 Å². The topological polar surface area (TPSA) is 17.8 Å². The summed E-state index contributed by atoms with van der Waals surface area (Å²) in [6.07, 6.45) is 0. The Morgan fingerprint density at radius 1 is 1.19 bits per heavy atom. The largest absolute Gasteiger partial charge is 0.320 e. The van der Waals surface area contributed by atoms with E-state index in [4.69, 9.17) is 11.6 Å². The molecule has 0 spiro atoms. The van der Waals surface area contributed by atoms with Gasteiger partial charge in [0.25, 0.3) is 0 Å². The van der Waals surface area contributed by atoms with E-state index in [0.29, 0.717) is 17.9 Å². The Kier molecular flexibility index (Phi) is 3.95. The SMILES string of the molecule is Fc1ccc2nc(CCl)n(Cc3cccc(Br)c3)c2c1F. The number of aromatic nitrogens is 2. The molecule has 0 radical (unpaired) electrons. The number of nitrogens with zero attached hydrogens (tertiary/aromatic N) is 2. The van der Waals surface area contributed by atoms with Gasteiger partial charge < -0.3 is 4.57 Å². The molecule has 2 aromatic carbocycles. The first-order valence-corrected chi connectivity index (χ1v) is 7.56. The van der Waals surface area contributed by atoms with Crippen LogP contribution in [-0.4, -0.2) is 9.55 Å². The summed E-state index contributed by atoms with van der Waals surface area (Å²) in [5.74, 6) is -1.15. The number of halogens is 4. The van der Waals surface area contributed by atoms with Crippen molar-refractivity contribution in [3.8, 4) is 0 Å². The molecule has 0 fully saturated rings. The number of benzene rings is 2. The fourth-order valence-corrected chi connectivity index (χ4v) is 2.95. The number of fused-ring (bicyclic) bond motifs is 1. The van der Waals surface area contributed by atoms with Gasteiger partial charge in [0.05, 0.1) is 11.4 Å². The quantitative estimate of drug-likeness (QED) is 0.601. The fourth-order valence-electron chi connectivity index (χ4n) is 2.30. The molecule has 0 saturated carbocycles. The predicted octanol–water partition coefficient (Wildman–Crippen LogP) is 4.86. The highest BCUT2D eigenvalue weighted by Crippen LogP contribution is 2.24. The Bertz CT molecular complexity index is 817. The third-order valence-corrected chi connectivity index (χ3v) is 3.96. The first kappa shape index (κ1) is 14.5. The van der Waals surface area contributed by atoms with Gasteiger partial charge in [-0.25, -0.2) is 13.8 Å². The summed E-state index contributed by atoms with van der Waals surface area (Å²) in [5, 5.41) is 0. The van der Waals surface area contributed by atoms with Crippen LogP contribution in [0.25, 0.3) is 11.0 Å². The van der Waals surface area contributed by atoms with E-state index in [9.17, 15) is 8.78 Å². The highest BCUT2D eigenvalue weighted by Gasteiger charge is 2.17. The Morgan fingerprint density at radius 3 is 2.71 bits per heavy atom. The van der Waals surface area contributed by atoms with Gasteiger partial charge >= 0.3 is 0 Å². The van der Waals surface area contributed by atoms with Crippen LogP contribution in [-0.2, 0) is 12.4 Å². The molecule has 0 unspecified atom stereocenters. The average Bonchev–Trinajstić information content (AvgIpc) is 2.81. The van der Waals surface area contributed by atoms with Crippen molar-refractivity contribution in [3.63, 3.8) is 0 Å². The maximum absolute atomic E-state index is 14.1. The molecular weight excluding hydrogens is 362 g/mol. The number of rotatable bonds is 3. The molecule has 3 rings (SSSR count). The van der Waals surface area contributed by atoms with Crippen molar-refractivity contribution in [3.05, 3.63) is 63.9 Å². The van der Waals surface area contributed by atoms with Crippen LogP contribution >= 0.6 is 27.5 Å². The molecule has 3 aromatic rings. The van der Waals surface area contributed by atoms with Crippen LogP contribution in [0.2, 0.25) is 0 Å². The average molecular weight is 372 g/mol. The molecule has 6 heteroatoms. The van der Waals surface area contributed by atoms with Crippen molar-refractivity contribution in [1.29, 1.82) is 0 Å². The zero-order chi connectivity index (χ0) is 15.0. The highest BCUT2D eigenvalue weighted by molar-refractivity contribution is 9.10. The maximum Gasteiger partial charge on any atom is 0.184 e. The minimum atomic E-state index is -0.897. The van der Waals surface area contributed by atoms with Crippen molar-refractivity contribution in [2.75, 3.05) is 0 Å². The summed E-state index contributed by atoms with van der Waals surface area (Å²) in [6, 6.07) is 10.1. The monoisotopic (exact) mass is 370 g/mol. The van der Waals surface area contributed by atoms with Gasteiger partial charge in [0.2, 0.25) is 0 Å². The van der Waals surface area contributed by atoms with Crippen LogP contribution in [0.3, 0.4) is 0 Å². The van der Waals surface area contributed by atoms with Crippen LogP contribution in [0.15, 0.2) is 40.9 Å². The second kappa shape index (κ2) is 5.73. The van der Waals surface area contributed by atoms with Crippen molar-refractivity contribution >= 4 is 38.6 Å². The maximum atomic E-state index is 14.1. The number of hydrogen-bond acceptors (Lipinski definition) is 1. The number of alkyl halides is 1. The predicted molar refractivity (Wildman–Crippen MR) is 82.5 cm³/mol.